The molecule has 1 atom stereocenters. The Morgan fingerprint density at radius 2 is 1.86 bits per heavy atom. The van der Waals surface area contributed by atoms with E-state index in [1.165, 1.54) is 24.6 Å². The minimum atomic E-state index is -4.54. The van der Waals surface area contributed by atoms with Crippen LogP contribution in [0.25, 0.3) is 0 Å². The van der Waals surface area contributed by atoms with Gasteiger partial charge in [-0.05, 0) is 30.9 Å². The molecule has 1 unspecified atom stereocenters. The zero-order chi connectivity index (χ0) is 16.2. The molecule has 3 nitrogen and oxygen atoms in total. The van der Waals surface area contributed by atoms with E-state index >= 15 is 0 Å². The number of nitrogens with one attached hydrogen (secondary N) is 1. The lowest BCUT2D eigenvalue weighted by molar-refractivity contribution is -0.137. The Balaban J connectivity index is 2.14. The number of hydrogen-bond donors (Lipinski definition) is 2. The van der Waals surface area contributed by atoms with E-state index in [0.717, 1.165) is 31.7 Å². The predicted octanol–water partition coefficient (Wildman–Crippen LogP) is 3.34. The van der Waals surface area contributed by atoms with Crippen LogP contribution in [-0.2, 0) is 6.18 Å². The van der Waals surface area contributed by atoms with E-state index in [9.17, 15) is 18.0 Å². The Morgan fingerprint density at radius 1 is 1.23 bits per heavy atom. The lowest BCUT2D eigenvalue weighted by Gasteiger charge is -2.30. The Morgan fingerprint density at radius 3 is 2.45 bits per heavy atom. The predicted molar refractivity (Wildman–Crippen MR) is 78.3 cm³/mol. The summed E-state index contributed by atoms with van der Waals surface area (Å²) in [6.07, 6.45) is 0.702. The van der Waals surface area contributed by atoms with E-state index < -0.39 is 17.6 Å². The minimum absolute atomic E-state index is 0.241. The van der Waals surface area contributed by atoms with Crippen molar-refractivity contribution in [3.63, 3.8) is 0 Å². The fourth-order valence-electron chi connectivity index (χ4n) is 3.08. The average Bonchev–Trinajstić information content (AvgIpc) is 2.52. The maximum absolute atomic E-state index is 13.0. The molecule has 1 saturated carbocycles. The van der Waals surface area contributed by atoms with Crippen molar-refractivity contribution in [3.8, 4) is 0 Å². The van der Waals surface area contributed by atoms with Gasteiger partial charge in [0.1, 0.15) is 0 Å². The van der Waals surface area contributed by atoms with Gasteiger partial charge in [-0.3, -0.25) is 4.79 Å². The molecule has 1 aliphatic rings. The Hall–Kier alpha value is -1.56. The van der Waals surface area contributed by atoms with Crippen molar-refractivity contribution in [1.82, 2.24) is 5.32 Å². The Bertz CT molecular complexity index is 510. The second kappa shape index (κ2) is 7.13. The summed E-state index contributed by atoms with van der Waals surface area (Å²) in [5.41, 5.74) is 4.46. The van der Waals surface area contributed by atoms with Crippen molar-refractivity contribution in [2.24, 2.45) is 11.7 Å². The van der Waals surface area contributed by atoms with Gasteiger partial charge in [0.05, 0.1) is 11.1 Å². The maximum Gasteiger partial charge on any atom is 0.417 e. The summed E-state index contributed by atoms with van der Waals surface area (Å²) in [5, 5.41) is 2.70. The number of benzene rings is 1. The van der Waals surface area contributed by atoms with Gasteiger partial charge in [0.2, 0.25) is 0 Å². The van der Waals surface area contributed by atoms with Crippen LogP contribution in [0.15, 0.2) is 24.3 Å². The molecule has 0 aromatic heterocycles. The molecular formula is C16H21F3N2O. The lowest BCUT2D eigenvalue weighted by Crippen LogP contribution is -2.46. The van der Waals surface area contributed by atoms with Crippen LogP contribution in [0.1, 0.15) is 48.0 Å². The highest BCUT2D eigenvalue weighted by atomic mass is 19.4. The standard InChI is InChI=1S/C16H21F3N2O/c17-16(18,19)13-9-5-4-8-12(13)15(22)21-14(10-20)11-6-2-1-3-7-11/h4-5,8-9,11,14H,1-3,6-7,10,20H2,(H,21,22). The molecule has 3 N–H and O–H groups in total. The Labute approximate surface area is 128 Å². The van der Waals surface area contributed by atoms with E-state index in [1.54, 1.807) is 0 Å². The van der Waals surface area contributed by atoms with Crippen LogP contribution in [0.4, 0.5) is 13.2 Å². The molecule has 0 saturated heterocycles. The van der Waals surface area contributed by atoms with Crippen molar-refractivity contribution >= 4 is 5.91 Å². The van der Waals surface area contributed by atoms with Crippen molar-refractivity contribution in [3.05, 3.63) is 35.4 Å². The molecule has 1 aliphatic carbocycles. The van der Waals surface area contributed by atoms with Gasteiger partial charge in [-0.1, -0.05) is 31.4 Å². The van der Waals surface area contributed by atoms with Gasteiger partial charge < -0.3 is 11.1 Å². The van der Waals surface area contributed by atoms with E-state index in [2.05, 4.69) is 5.32 Å². The molecule has 1 fully saturated rings. The van der Waals surface area contributed by atoms with Crippen LogP contribution in [0, 0.1) is 5.92 Å². The zero-order valence-electron chi connectivity index (χ0n) is 12.3. The highest BCUT2D eigenvalue weighted by Crippen LogP contribution is 2.32. The van der Waals surface area contributed by atoms with E-state index in [0.29, 0.717) is 0 Å². The normalized spacial score (nSPS) is 18.0. The number of nitrogens with two attached hydrogens (primary N) is 1. The van der Waals surface area contributed by atoms with E-state index in [-0.39, 0.29) is 24.1 Å². The molecule has 1 amide bonds. The van der Waals surface area contributed by atoms with Crippen LogP contribution >= 0.6 is 0 Å². The maximum atomic E-state index is 13.0. The molecule has 0 bridgehead atoms. The molecule has 6 heteroatoms. The molecule has 0 spiro atoms. The van der Waals surface area contributed by atoms with Crippen molar-refractivity contribution in [1.29, 1.82) is 0 Å². The first-order chi connectivity index (χ1) is 10.4. The fourth-order valence-corrected chi connectivity index (χ4v) is 3.08. The molecule has 1 aromatic rings. The van der Waals surface area contributed by atoms with Crippen molar-refractivity contribution in [2.45, 2.75) is 44.3 Å². The highest BCUT2D eigenvalue weighted by molar-refractivity contribution is 5.96. The van der Waals surface area contributed by atoms with Crippen LogP contribution in [0.2, 0.25) is 0 Å². The number of rotatable bonds is 4. The number of hydrogen-bond acceptors (Lipinski definition) is 2. The summed E-state index contributed by atoms with van der Waals surface area (Å²) in [4.78, 5) is 12.3. The Kier molecular flexibility index (Phi) is 5.45. The lowest BCUT2D eigenvalue weighted by atomic mass is 9.83. The number of carbonyl (C=O) groups is 1. The fraction of sp³-hybridized carbons (Fsp3) is 0.562. The third-order valence-electron chi connectivity index (χ3n) is 4.27. The first kappa shape index (κ1) is 16.8. The van der Waals surface area contributed by atoms with Gasteiger partial charge in [0, 0.05) is 12.6 Å². The van der Waals surface area contributed by atoms with Gasteiger partial charge in [-0.15, -0.1) is 0 Å². The number of halogens is 3. The summed E-state index contributed by atoms with van der Waals surface area (Å²) < 4.78 is 38.9. The molecular weight excluding hydrogens is 293 g/mol. The monoisotopic (exact) mass is 314 g/mol. The molecule has 0 heterocycles. The van der Waals surface area contributed by atoms with Gasteiger partial charge >= 0.3 is 6.18 Å². The van der Waals surface area contributed by atoms with Gasteiger partial charge in [0.25, 0.3) is 5.91 Å². The van der Waals surface area contributed by atoms with Crippen molar-refractivity contribution < 1.29 is 18.0 Å². The van der Waals surface area contributed by atoms with Crippen LogP contribution in [0.3, 0.4) is 0 Å². The first-order valence-electron chi connectivity index (χ1n) is 7.60. The van der Waals surface area contributed by atoms with Gasteiger partial charge in [-0.25, -0.2) is 0 Å². The zero-order valence-corrected chi connectivity index (χ0v) is 12.3. The quantitative estimate of drug-likeness (QED) is 0.895. The summed E-state index contributed by atoms with van der Waals surface area (Å²) in [6, 6.07) is 4.57. The van der Waals surface area contributed by atoms with E-state index in [4.69, 9.17) is 5.73 Å². The third-order valence-corrected chi connectivity index (χ3v) is 4.27. The summed E-state index contributed by atoms with van der Waals surface area (Å²) in [7, 11) is 0. The second-order valence-electron chi connectivity index (χ2n) is 5.76. The number of carbonyl (C=O) groups excluding carboxylic acids is 1. The minimum Gasteiger partial charge on any atom is -0.348 e. The summed E-state index contributed by atoms with van der Waals surface area (Å²) in [6.45, 7) is 0.241. The topological polar surface area (TPSA) is 55.1 Å². The SMILES string of the molecule is NCC(NC(=O)c1ccccc1C(F)(F)F)C1CCCCC1. The molecule has 2 rings (SSSR count). The average molecular weight is 314 g/mol. The largest absolute Gasteiger partial charge is 0.417 e. The molecule has 22 heavy (non-hydrogen) atoms. The van der Waals surface area contributed by atoms with Gasteiger partial charge in [-0.2, -0.15) is 13.2 Å². The van der Waals surface area contributed by atoms with Crippen LogP contribution in [-0.4, -0.2) is 18.5 Å². The van der Waals surface area contributed by atoms with Crippen LogP contribution in [0.5, 0.6) is 0 Å². The first-order valence-corrected chi connectivity index (χ1v) is 7.60. The summed E-state index contributed by atoms with van der Waals surface area (Å²) in [5.74, 6) is -0.449. The van der Waals surface area contributed by atoms with Crippen LogP contribution < -0.4 is 11.1 Å². The second-order valence-corrected chi connectivity index (χ2v) is 5.76. The van der Waals surface area contributed by atoms with E-state index in [1.807, 2.05) is 0 Å². The van der Waals surface area contributed by atoms with Crippen molar-refractivity contribution in [2.75, 3.05) is 6.54 Å². The number of amides is 1. The van der Waals surface area contributed by atoms with Gasteiger partial charge in [0.15, 0.2) is 0 Å². The smallest absolute Gasteiger partial charge is 0.348 e. The molecule has 122 valence electrons. The third kappa shape index (κ3) is 4.00. The molecule has 0 aliphatic heterocycles. The number of alkyl halides is 3. The highest BCUT2D eigenvalue weighted by Gasteiger charge is 2.35. The molecule has 1 aromatic carbocycles. The molecule has 0 radical (unpaired) electrons. The summed E-state index contributed by atoms with van der Waals surface area (Å²) >= 11 is 0.